The van der Waals surface area contributed by atoms with E-state index in [1.54, 1.807) is 6.92 Å². The minimum Gasteiger partial charge on any atom is -0.469 e. The van der Waals surface area contributed by atoms with Crippen molar-refractivity contribution < 1.29 is 22.7 Å². The van der Waals surface area contributed by atoms with Gasteiger partial charge in [-0.3, -0.25) is 9.59 Å². The van der Waals surface area contributed by atoms with Crippen molar-refractivity contribution >= 4 is 21.7 Å². The minimum absolute atomic E-state index is 0.247. The van der Waals surface area contributed by atoms with Gasteiger partial charge in [-0.2, -0.15) is 0 Å². The summed E-state index contributed by atoms with van der Waals surface area (Å²) in [6.45, 7) is 4.77. The molecule has 0 aliphatic heterocycles. The van der Waals surface area contributed by atoms with Crippen LogP contribution < -0.4 is 5.32 Å². The summed E-state index contributed by atoms with van der Waals surface area (Å²) in [7, 11) is -2.49. The first kappa shape index (κ1) is 15.9. The number of ether oxygens (including phenoxy) is 1. The molecule has 2 atom stereocenters. The van der Waals surface area contributed by atoms with Crippen molar-refractivity contribution in [3.05, 3.63) is 0 Å². The molecule has 0 heterocycles. The number of nitrogens with one attached hydrogen (secondary N) is 1. The number of hydrogen-bond acceptors (Lipinski definition) is 5. The van der Waals surface area contributed by atoms with Gasteiger partial charge in [-0.25, -0.2) is 8.42 Å². The molecule has 0 bridgehead atoms. The maximum atomic E-state index is 11.9. The van der Waals surface area contributed by atoms with Crippen LogP contribution in [0, 0.1) is 0 Å². The highest BCUT2D eigenvalue weighted by molar-refractivity contribution is 7.93. The van der Waals surface area contributed by atoms with Crippen molar-refractivity contribution in [2.45, 2.75) is 37.7 Å². The van der Waals surface area contributed by atoms with E-state index in [1.807, 2.05) is 0 Å². The maximum absolute atomic E-state index is 11.9. The van der Waals surface area contributed by atoms with Crippen LogP contribution >= 0.6 is 0 Å². The van der Waals surface area contributed by atoms with E-state index in [0.717, 1.165) is 0 Å². The number of hydrogen-bond donors (Lipinski definition) is 1. The molecule has 0 aromatic carbocycles. The lowest BCUT2D eigenvalue weighted by atomic mass is 10.3. The van der Waals surface area contributed by atoms with Gasteiger partial charge in [0.05, 0.1) is 18.8 Å². The van der Waals surface area contributed by atoms with Gasteiger partial charge in [0.25, 0.3) is 0 Å². The lowest BCUT2D eigenvalue weighted by Gasteiger charge is -2.17. The molecule has 0 saturated heterocycles. The maximum Gasteiger partial charge on any atom is 0.306 e. The Morgan fingerprint density at radius 3 is 2.24 bits per heavy atom. The van der Waals surface area contributed by atoms with Crippen LogP contribution in [-0.4, -0.2) is 44.4 Å². The molecule has 0 aliphatic carbocycles. The summed E-state index contributed by atoms with van der Waals surface area (Å²) in [6.07, 6.45) is -0.247. The van der Waals surface area contributed by atoms with Crippen LogP contribution in [-0.2, 0) is 24.2 Å². The summed E-state index contributed by atoms with van der Waals surface area (Å²) >= 11 is 0. The second kappa shape index (κ2) is 6.58. The first-order valence-corrected chi connectivity index (χ1v) is 6.95. The normalized spacial score (nSPS) is 14.8. The highest BCUT2D eigenvalue weighted by Gasteiger charge is 2.34. The van der Waals surface area contributed by atoms with Gasteiger partial charge in [0.1, 0.15) is 5.25 Å². The van der Waals surface area contributed by atoms with Gasteiger partial charge < -0.3 is 10.1 Å². The van der Waals surface area contributed by atoms with Crippen molar-refractivity contribution in [3.63, 3.8) is 0 Å². The molecule has 1 amide bonds. The summed E-state index contributed by atoms with van der Waals surface area (Å²) in [4.78, 5) is 22.4. The second-order valence-corrected chi connectivity index (χ2v) is 6.41. The van der Waals surface area contributed by atoms with E-state index in [9.17, 15) is 18.0 Å². The molecule has 0 saturated carbocycles. The fourth-order valence-corrected chi connectivity index (χ4v) is 2.70. The molecular weight excluding hydrogens is 246 g/mol. The largest absolute Gasteiger partial charge is 0.469 e. The van der Waals surface area contributed by atoms with Crippen molar-refractivity contribution in [2.75, 3.05) is 13.7 Å². The first-order valence-electron chi connectivity index (χ1n) is 5.34. The lowest BCUT2D eigenvalue weighted by molar-refractivity contribution is -0.140. The van der Waals surface area contributed by atoms with Crippen LogP contribution in [0.25, 0.3) is 0 Å². The smallest absolute Gasteiger partial charge is 0.306 e. The van der Waals surface area contributed by atoms with E-state index < -0.39 is 32.2 Å². The van der Waals surface area contributed by atoms with Crippen LogP contribution in [0.15, 0.2) is 0 Å². The molecule has 0 aliphatic rings. The molecule has 6 nitrogen and oxygen atoms in total. The van der Waals surface area contributed by atoms with E-state index in [2.05, 4.69) is 10.1 Å². The zero-order valence-electron chi connectivity index (χ0n) is 10.5. The average molecular weight is 265 g/mol. The molecule has 0 radical (unpaired) electrons. The monoisotopic (exact) mass is 265 g/mol. The Morgan fingerprint density at radius 1 is 1.29 bits per heavy atom. The zero-order chi connectivity index (χ0) is 13.6. The predicted octanol–water partition coefficient (Wildman–Crippen LogP) is -0.123. The van der Waals surface area contributed by atoms with E-state index >= 15 is 0 Å². The summed E-state index contributed by atoms with van der Waals surface area (Å²) < 4.78 is 28.3. The summed E-state index contributed by atoms with van der Waals surface area (Å²) in [5, 5.41) is 0.337. The summed E-state index contributed by atoms with van der Waals surface area (Å²) in [6, 6.07) is 0. The van der Waals surface area contributed by atoms with E-state index in [0.29, 0.717) is 6.54 Å². The van der Waals surface area contributed by atoms with Gasteiger partial charge in [-0.15, -0.1) is 0 Å². The fourth-order valence-electron chi connectivity index (χ4n) is 1.25. The number of sulfone groups is 1. The highest BCUT2D eigenvalue weighted by Crippen LogP contribution is 2.13. The summed E-state index contributed by atoms with van der Waals surface area (Å²) in [5.74, 6) is -1.16. The average Bonchev–Trinajstić information content (AvgIpc) is 2.27. The fraction of sp³-hybridized carbons (Fsp3) is 0.800. The Labute approximate surface area is 102 Å². The first-order chi connectivity index (χ1) is 7.77. The predicted molar refractivity (Wildman–Crippen MR) is 63.2 cm³/mol. The third-order valence-electron chi connectivity index (χ3n) is 2.46. The minimum atomic E-state index is -3.68. The van der Waals surface area contributed by atoms with Gasteiger partial charge in [-0.05, 0) is 20.8 Å². The number of methoxy groups -OCH3 is 1. The Kier molecular flexibility index (Phi) is 6.15. The quantitative estimate of drug-likeness (QED) is 0.676. The number of amides is 1. The summed E-state index contributed by atoms with van der Waals surface area (Å²) in [5.41, 5.74) is 0. The number of carbonyl (C=O) groups is 2. The van der Waals surface area contributed by atoms with Gasteiger partial charge >= 0.3 is 5.97 Å². The molecule has 2 unspecified atom stereocenters. The molecule has 7 heteroatoms. The van der Waals surface area contributed by atoms with Crippen LogP contribution in [0.2, 0.25) is 0 Å². The molecule has 0 aromatic rings. The Morgan fingerprint density at radius 2 is 1.82 bits per heavy atom. The number of esters is 1. The van der Waals surface area contributed by atoms with E-state index in [1.165, 1.54) is 21.0 Å². The number of rotatable bonds is 6. The van der Waals surface area contributed by atoms with Crippen molar-refractivity contribution in [1.29, 1.82) is 0 Å². The van der Waals surface area contributed by atoms with Crippen molar-refractivity contribution in [1.82, 2.24) is 5.32 Å². The second-order valence-electron chi connectivity index (χ2n) is 3.72. The van der Waals surface area contributed by atoms with Gasteiger partial charge in [0.2, 0.25) is 5.91 Å². The van der Waals surface area contributed by atoms with Crippen LogP contribution in [0.5, 0.6) is 0 Å². The number of carbonyl (C=O) groups excluding carboxylic acids is 2. The van der Waals surface area contributed by atoms with Crippen LogP contribution in [0.4, 0.5) is 0 Å². The van der Waals surface area contributed by atoms with E-state index in [4.69, 9.17) is 0 Å². The Balaban J connectivity index is 4.76. The molecule has 0 fully saturated rings. The van der Waals surface area contributed by atoms with Crippen molar-refractivity contribution in [2.24, 2.45) is 0 Å². The molecule has 17 heavy (non-hydrogen) atoms. The lowest BCUT2D eigenvalue weighted by Crippen LogP contribution is -2.41. The Bertz CT molecular complexity index is 376. The standard InChI is InChI=1S/C10H19NO5S/c1-5-11-10(13)8(3)17(14,15)7(2)6-9(12)16-4/h7-8H,5-6H2,1-4H3,(H,11,13). The highest BCUT2D eigenvalue weighted by atomic mass is 32.2. The third kappa shape index (κ3) is 4.33. The molecule has 0 spiro atoms. The zero-order valence-corrected chi connectivity index (χ0v) is 11.3. The van der Waals surface area contributed by atoms with E-state index in [-0.39, 0.29) is 6.42 Å². The van der Waals surface area contributed by atoms with Crippen LogP contribution in [0.3, 0.4) is 0 Å². The SMILES string of the molecule is CCNC(=O)C(C)S(=O)(=O)C(C)CC(=O)OC. The molecule has 1 N–H and O–H groups in total. The molecular formula is C10H19NO5S. The van der Waals surface area contributed by atoms with Gasteiger partial charge in [-0.1, -0.05) is 0 Å². The molecule has 100 valence electrons. The van der Waals surface area contributed by atoms with Gasteiger partial charge in [0, 0.05) is 6.54 Å². The molecule has 0 aromatic heterocycles. The van der Waals surface area contributed by atoms with Gasteiger partial charge in [0.15, 0.2) is 9.84 Å². The topological polar surface area (TPSA) is 89.5 Å². The molecule has 0 rings (SSSR count). The third-order valence-corrected chi connectivity index (χ3v) is 4.94. The van der Waals surface area contributed by atoms with Crippen LogP contribution in [0.1, 0.15) is 27.2 Å². The Hall–Kier alpha value is -1.11. The van der Waals surface area contributed by atoms with Crippen molar-refractivity contribution in [3.8, 4) is 0 Å².